The SMILES string of the molecule is CC1(N2CCC(C3(N)CC3(F)F)C2)Cc2c(C3CC3)c(=O)n(N)c(=O)n2C=C1F. The van der Waals surface area contributed by atoms with Crippen molar-refractivity contribution >= 4 is 6.20 Å². The quantitative estimate of drug-likeness (QED) is 0.715. The van der Waals surface area contributed by atoms with E-state index in [-0.39, 0.29) is 25.3 Å². The van der Waals surface area contributed by atoms with E-state index >= 15 is 4.39 Å². The van der Waals surface area contributed by atoms with Crippen LogP contribution in [-0.4, -0.2) is 44.2 Å². The summed E-state index contributed by atoms with van der Waals surface area (Å²) in [7, 11) is 0. The van der Waals surface area contributed by atoms with Crippen molar-refractivity contribution in [3.63, 3.8) is 0 Å². The van der Waals surface area contributed by atoms with Crippen molar-refractivity contribution in [3.8, 4) is 0 Å². The highest BCUT2D eigenvalue weighted by Crippen LogP contribution is 2.57. The molecule has 0 bridgehead atoms. The summed E-state index contributed by atoms with van der Waals surface area (Å²) in [6.45, 7) is 2.36. The van der Waals surface area contributed by atoms with Crippen LogP contribution in [0.25, 0.3) is 6.20 Å². The maximum atomic E-state index is 15.3. The van der Waals surface area contributed by atoms with E-state index in [1.807, 2.05) is 4.90 Å². The predicted octanol–water partition coefficient (Wildman–Crippen LogP) is 0.742. The number of likely N-dealkylation sites (tertiary alicyclic amines) is 1. The molecule has 2 aliphatic heterocycles. The number of alkyl halides is 2. The first-order chi connectivity index (χ1) is 13.5. The van der Waals surface area contributed by atoms with Gasteiger partial charge in [-0.1, -0.05) is 0 Å². The van der Waals surface area contributed by atoms with E-state index in [9.17, 15) is 18.4 Å². The van der Waals surface area contributed by atoms with E-state index < -0.39 is 40.0 Å². The van der Waals surface area contributed by atoms with Crippen LogP contribution < -0.4 is 22.8 Å². The number of nitrogens with zero attached hydrogens (tertiary/aromatic N) is 3. The molecule has 10 heteroatoms. The summed E-state index contributed by atoms with van der Waals surface area (Å²) in [5.41, 5.74) is 2.87. The number of fused-ring (bicyclic) bond motifs is 1. The first-order valence-corrected chi connectivity index (χ1v) is 9.94. The van der Waals surface area contributed by atoms with Crippen LogP contribution in [0.2, 0.25) is 0 Å². The van der Waals surface area contributed by atoms with Crippen LogP contribution in [0, 0.1) is 5.92 Å². The maximum absolute atomic E-state index is 15.3. The van der Waals surface area contributed by atoms with Crippen LogP contribution in [-0.2, 0) is 6.42 Å². The second-order valence-electron chi connectivity index (χ2n) is 9.24. The molecule has 7 nitrogen and oxygen atoms in total. The Bertz CT molecular complexity index is 1060. The topological polar surface area (TPSA) is 99.3 Å². The molecule has 0 aromatic carbocycles. The molecule has 1 aromatic heterocycles. The van der Waals surface area contributed by atoms with Crippen molar-refractivity contribution in [1.29, 1.82) is 0 Å². The van der Waals surface area contributed by atoms with Crippen molar-refractivity contribution in [1.82, 2.24) is 14.1 Å². The third-order valence-electron chi connectivity index (χ3n) is 7.40. The third kappa shape index (κ3) is 2.44. The molecule has 3 fully saturated rings. The van der Waals surface area contributed by atoms with E-state index in [1.54, 1.807) is 6.92 Å². The lowest BCUT2D eigenvalue weighted by Crippen LogP contribution is -2.54. The molecule has 3 atom stereocenters. The van der Waals surface area contributed by atoms with Gasteiger partial charge in [-0.25, -0.2) is 18.0 Å². The van der Waals surface area contributed by atoms with E-state index in [0.717, 1.165) is 23.6 Å². The molecule has 4 aliphatic rings. The Labute approximate surface area is 164 Å². The Morgan fingerprint density at radius 3 is 2.45 bits per heavy atom. The van der Waals surface area contributed by atoms with Gasteiger partial charge in [0.15, 0.2) is 0 Å². The van der Waals surface area contributed by atoms with Gasteiger partial charge in [0.05, 0.1) is 11.1 Å². The van der Waals surface area contributed by atoms with Crippen molar-refractivity contribution in [2.45, 2.75) is 61.9 Å². The van der Waals surface area contributed by atoms with Gasteiger partial charge in [-0.15, -0.1) is 0 Å². The maximum Gasteiger partial charge on any atom is 0.354 e. The number of nitrogens with two attached hydrogens (primary N) is 2. The van der Waals surface area contributed by atoms with Crippen LogP contribution >= 0.6 is 0 Å². The standard InChI is InChI=1S/C19H24F3N5O2/c1-17(25-5-4-11(7-25)18(23)9-19(18,21)22)6-12-14(10-2-3-10)15(28)27(24)16(29)26(12)8-13(17)20/h8,10-11H,2-7,9,23-24H2,1H3. The Morgan fingerprint density at radius 1 is 1.21 bits per heavy atom. The minimum Gasteiger partial charge on any atom is -0.332 e. The van der Waals surface area contributed by atoms with Gasteiger partial charge in [-0.05, 0) is 44.6 Å². The van der Waals surface area contributed by atoms with Gasteiger partial charge in [-0.3, -0.25) is 14.3 Å². The summed E-state index contributed by atoms with van der Waals surface area (Å²) in [5.74, 6) is 1.79. The molecule has 3 heterocycles. The molecule has 2 saturated carbocycles. The summed E-state index contributed by atoms with van der Waals surface area (Å²) in [4.78, 5) is 26.9. The molecule has 0 radical (unpaired) electrons. The highest BCUT2D eigenvalue weighted by atomic mass is 19.3. The van der Waals surface area contributed by atoms with Gasteiger partial charge in [0.1, 0.15) is 5.83 Å². The van der Waals surface area contributed by atoms with Gasteiger partial charge in [0, 0.05) is 36.8 Å². The molecule has 0 spiro atoms. The Balaban J connectivity index is 1.53. The lowest BCUT2D eigenvalue weighted by Gasteiger charge is -2.41. The summed E-state index contributed by atoms with van der Waals surface area (Å²) in [6, 6.07) is 0. The second kappa shape index (κ2) is 5.54. The van der Waals surface area contributed by atoms with E-state index in [0.29, 0.717) is 28.9 Å². The molecule has 158 valence electrons. The fourth-order valence-corrected chi connectivity index (χ4v) is 5.12. The van der Waals surface area contributed by atoms with E-state index in [1.165, 1.54) is 0 Å². The average Bonchev–Trinajstić information content (AvgIpc) is 3.49. The predicted molar refractivity (Wildman–Crippen MR) is 101 cm³/mol. The minimum atomic E-state index is -2.87. The number of rotatable bonds is 3. The summed E-state index contributed by atoms with van der Waals surface area (Å²) in [6.07, 6.45) is 2.95. The number of hydrogen-bond acceptors (Lipinski definition) is 5. The molecule has 1 aromatic rings. The molecule has 1 saturated heterocycles. The molecule has 5 rings (SSSR count). The molecular formula is C19H24F3N5O2. The fourth-order valence-electron chi connectivity index (χ4n) is 5.12. The zero-order valence-corrected chi connectivity index (χ0v) is 16.1. The van der Waals surface area contributed by atoms with Gasteiger partial charge in [0.25, 0.3) is 11.5 Å². The van der Waals surface area contributed by atoms with Gasteiger partial charge >= 0.3 is 5.69 Å². The zero-order chi connectivity index (χ0) is 20.9. The summed E-state index contributed by atoms with van der Waals surface area (Å²) < 4.78 is 44.4. The first kappa shape index (κ1) is 18.9. The van der Waals surface area contributed by atoms with E-state index in [4.69, 9.17) is 11.6 Å². The molecular weight excluding hydrogens is 387 g/mol. The second-order valence-corrected chi connectivity index (χ2v) is 9.24. The first-order valence-electron chi connectivity index (χ1n) is 9.94. The van der Waals surface area contributed by atoms with Crippen molar-refractivity contribution < 1.29 is 13.2 Å². The molecule has 0 amide bonds. The normalized spacial score (nSPS) is 36.0. The molecule has 29 heavy (non-hydrogen) atoms. The lowest BCUT2D eigenvalue weighted by molar-refractivity contribution is 0.0683. The number of aromatic nitrogens is 2. The zero-order valence-electron chi connectivity index (χ0n) is 16.1. The van der Waals surface area contributed by atoms with Gasteiger partial charge in [0.2, 0.25) is 0 Å². The molecule has 4 N–H and O–H groups in total. The van der Waals surface area contributed by atoms with Crippen molar-refractivity contribution in [2.75, 3.05) is 18.9 Å². The molecule has 3 unspecified atom stereocenters. The summed E-state index contributed by atoms with van der Waals surface area (Å²) in [5, 5.41) is 0. The Hall–Kier alpha value is -2.07. The van der Waals surface area contributed by atoms with Crippen LogP contribution in [0.4, 0.5) is 13.2 Å². The number of nitrogen functional groups attached to an aromatic ring is 1. The van der Waals surface area contributed by atoms with Gasteiger partial charge < -0.3 is 11.6 Å². The third-order valence-corrected chi connectivity index (χ3v) is 7.40. The van der Waals surface area contributed by atoms with Crippen LogP contribution in [0.3, 0.4) is 0 Å². The van der Waals surface area contributed by atoms with Crippen molar-refractivity contribution in [2.24, 2.45) is 11.7 Å². The van der Waals surface area contributed by atoms with Crippen LogP contribution in [0.1, 0.15) is 49.8 Å². The van der Waals surface area contributed by atoms with Gasteiger partial charge in [-0.2, -0.15) is 4.68 Å². The highest BCUT2D eigenvalue weighted by Gasteiger charge is 2.72. The fraction of sp³-hybridized carbons (Fsp3) is 0.684. The monoisotopic (exact) mass is 411 g/mol. The van der Waals surface area contributed by atoms with E-state index in [2.05, 4.69) is 0 Å². The van der Waals surface area contributed by atoms with Crippen LogP contribution in [0.5, 0.6) is 0 Å². The average molecular weight is 411 g/mol. The summed E-state index contributed by atoms with van der Waals surface area (Å²) >= 11 is 0. The van der Waals surface area contributed by atoms with Crippen molar-refractivity contribution in [3.05, 3.63) is 37.9 Å². The number of halogens is 3. The smallest absolute Gasteiger partial charge is 0.332 e. The van der Waals surface area contributed by atoms with Crippen LogP contribution in [0.15, 0.2) is 15.4 Å². The Morgan fingerprint density at radius 2 is 1.86 bits per heavy atom. The Kier molecular flexibility index (Phi) is 3.62. The molecule has 2 aliphatic carbocycles. The largest absolute Gasteiger partial charge is 0.354 e. The lowest BCUT2D eigenvalue weighted by atomic mass is 9.87. The highest BCUT2D eigenvalue weighted by molar-refractivity contribution is 5.45. The number of hydrogen-bond donors (Lipinski definition) is 2. The minimum absolute atomic E-state index is 0.0155.